The van der Waals surface area contributed by atoms with Crippen LogP contribution < -0.4 is 0 Å². The number of fused-ring (bicyclic) bond motifs is 3. The van der Waals surface area contributed by atoms with Crippen LogP contribution >= 0.6 is 11.6 Å². The Kier molecular flexibility index (Phi) is 4.83. The second-order valence-electron chi connectivity index (χ2n) is 5.97. The first-order valence-corrected chi connectivity index (χ1v) is 9.63. The van der Waals surface area contributed by atoms with Crippen LogP contribution in [-0.4, -0.2) is 40.0 Å². The molecular weight excluding hydrogens is 450 g/mol. The summed E-state index contributed by atoms with van der Waals surface area (Å²) in [5.74, 6) is -2.29. The van der Waals surface area contributed by atoms with Crippen molar-refractivity contribution in [2.75, 3.05) is 5.75 Å². The topological polar surface area (TPSA) is 198 Å². The molecule has 15 heteroatoms. The Hall–Kier alpha value is -3.78. The number of hydrogen-bond donors (Lipinski definition) is 0. The average molecular weight is 456 g/mol. The molecule has 0 fully saturated rings. The van der Waals surface area contributed by atoms with Crippen molar-refractivity contribution in [3.05, 3.63) is 65.7 Å². The monoisotopic (exact) mass is 455 g/mol. The van der Waals surface area contributed by atoms with Crippen molar-refractivity contribution in [2.24, 2.45) is 0 Å². The van der Waals surface area contributed by atoms with Crippen molar-refractivity contribution in [1.82, 2.24) is 0 Å². The lowest BCUT2D eigenvalue weighted by Crippen LogP contribution is -2.13. The second kappa shape index (κ2) is 6.93. The van der Waals surface area contributed by atoms with E-state index in [2.05, 4.69) is 0 Å². The van der Waals surface area contributed by atoms with Gasteiger partial charge in [-0.3, -0.25) is 39.9 Å². The third kappa shape index (κ3) is 3.27. The van der Waals surface area contributed by atoms with Crippen molar-refractivity contribution in [3.8, 4) is 11.1 Å². The second-order valence-corrected chi connectivity index (χ2v) is 8.38. The normalized spacial score (nSPS) is 12.2. The van der Waals surface area contributed by atoms with Crippen LogP contribution in [0.2, 0.25) is 0 Å². The number of sulfone groups is 1. The van der Waals surface area contributed by atoms with Gasteiger partial charge in [0.25, 0.3) is 17.1 Å². The summed E-state index contributed by atoms with van der Waals surface area (Å²) in [5.41, 5.74) is -4.91. The van der Waals surface area contributed by atoms with Gasteiger partial charge in [-0.05, 0) is 17.7 Å². The maximum atomic E-state index is 12.8. The smallest absolute Gasteiger partial charge is 0.285 e. The molecule has 0 aliphatic heterocycles. The third-order valence-electron chi connectivity index (χ3n) is 4.20. The number of benzene rings is 2. The van der Waals surface area contributed by atoms with Gasteiger partial charge in [0, 0.05) is 23.3 Å². The molecule has 2 aromatic carbocycles. The largest absolute Gasteiger partial charge is 0.289 e. The van der Waals surface area contributed by atoms with Crippen LogP contribution in [0.3, 0.4) is 0 Å². The summed E-state index contributed by atoms with van der Waals surface area (Å²) >= 11 is 5.08. The molecule has 1 aliphatic rings. The van der Waals surface area contributed by atoms with Crippen LogP contribution in [0.1, 0.15) is 15.9 Å². The molecule has 0 atom stereocenters. The predicted octanol–water partition coefficient (Wildman–Crippen LogP) is 2.16. The summed E-state index contributed by atoms with van der Waals surface area (Å²) in [7, 11) is -4.48. The number of rotatable bonds is 6. The molecule has 0 amide bonds. The number of non-ortho nitro benzene ring substituents is 1. The first-order valence-electron chi connectivity index (χ1n) is 7.60. The lowest BCUT2D eigenvalue weighted by molar-refractivity contribution is -0.394. The number of nitrogens with zero attached hydrogens (tertiary/aromatic N) is 3. The Morgan fingerprint density at radius 1 is 0.867 bits per heavy atom. The Labute approximate surface area is 170 Å². The van der Waals surface area contributed by atoms with Gasteiger partial charge in [-0.25, -0.2) is 8.42 Å². The molecule has 30 heavy (non-hydrogen) atoms. The fraction of sp³-hybridized carbons (Fsp3) is 0.0667. The Morgan fingerprint density at radius 2 is 1.37 bits per heavy atom. The van der Waals surface area contributed by atoms with Crippen LogP contribution in [0, 0.1) is 30.3 Å². The number of halogens is 1. The van der Waals surface area contributed by atoms with Gasteiger partial charge >= 0.3 is 0 Å². The number of nitro groups is 3. The zero-order chi connectivity index (χ0) is 22.5. The van der Waals surface area contributed by atoms with Crippen LogP contribution in [0.25, 0.3) is 11.1 Å². The first-order chi connectivity index (χ1) is 13.8. The highest BCUT2D eigenvalue weighted by atomic mass is 35.5. The SMILES string of the molecule is O=C(Cl)CS(=O)(=O)c1cc2c(c([N+](=O)[O-])c1)-c1c(cc([N+](=O)[O-])cc1[N+](=O)[O-])C2=O. The third-order valence-corrected chi connectivity index (χ3v) is 6.09. The van der Waals surface area contributed by atoms with Crippen molar-refractivity contribution >= 4 is 49.5 Å². The fourth-order valence-corrected chi connectivity index (χ4v) is 4.53. The molecular formula is C15H6ClN3O10S. The molecule has 0 saturated heterocycles. The van der Waals surface area contributed by atoms with E-state index < -0.39 is 85.6 Å². The number of nitro benzene ring substituents is 3. The van der Waals surface area contributed by atoms with E-state index >= 15 is 0 Å². The van der Waals surface area contributed by atoms with Crippen molar-refractivity contribution < 1.29 is 32.8 Å². The molecule has 0 spiro atoms. The Morgan fingerprint density at radius 3 is 1.83 bits per heavy atom. The van der Waals surface area contributed by atoms with Gasteiger partial charge in [0.15, 0.2) is 15.6 Å². The van der Waals surface area contributed by atoms with E-state index in [9.17, 15) is 48.3 Å². The molecule has 0 radical (unpaired) electrons. The van der Waals surface area contributed by atoms with Gasteiger partial charge < -0.3 is 0 Å². The fourth-order valence-electron chi connectivity index (χ4n) is 3.05. The van der Waals surface area contributed by atoms with E-state index in [-0.39, 0.29) is 0 Å². The summed E-state index contributed by atoms with van der Waals surface area (Å²) in [6.07, 6.45) is 0. The minimum atomic E-state index is -4.48. The van der Waals surface area contributed by atoms with Crippen molar-refractivity contribution in [1.29, 1.82) is 0 Å². The number of ketones is 1. The molecule has 1 aliphatic carbocycles. The minimum Gasteiger partial charge on any atom is -0.289 e. The Bertz CT molecular complexity index is 1320. The van der Waals surface area contributed by atoms with E-state index in [0.717, 1.165) is 6.07 Å². The van der Waals surface area contributed by atoms with Crippen LogP contribution in [0.4, 0.5) is 17.1 Å². The molecule has 0 N–H and O–H groups in total. The van der Waals surface area contributed by atoms with Gasteiger partial charge in [-0.1, -0.05) is 0 Å². The van der Waals surface area contributed by atoms with E-state index in [1.807, 2.05) is 0 Å². The van der Waals surface area contributed by atoms with Crippen molar-refractivity contribution in [2.45, 2.75) is 4.90 Å². The van der Waals surface area contributed by atoms with Crippen molar-refractivity contribution in [3.63, 3.8) is 0 Å². The number of carbonyl (C=O) groups is 2. The maximum Gasteiger partial charge on any atom is 0.285 e. The summed E-state index contributed by atoms with van der Waals surface area (Å²) < 4.78 is 24.6. The van der Waals surface area contributed by atoms with Crippen LogP contribution in [0.15, 0.2) is 29.2 Å². The van der Waals surface area contributed by atoms with Gasteiger partial charge in [-0.2, -0.15) is 0 Å². The van der Waals surface area contributed by atoms with Crippen LogP contribution in [-0.2, 0) is 14.6 Å². The molecule has 2 aromatic rings. The maximum absolute atomic E-state index is 12.8. The van der Waals surface area contributed by atoms with Gasteiger partial charge in [0.1, 0.15) is 5.75 Å². The summed E-state index contributed by atoms with van der Waals surface area (Å²) in [6, 6.07) is 2.52. The zero-order valence-corrected chi connectivity index (χ0v) is 15.8. The van der Waals surface area contributed by atoms with E-state index in [1.165, 1.54) is 0 Å². The quantitative estimate of drug-likeness (QED) is 0.301. The van der Waals surface area contributed by atoms with E-state index in [1.54, 1.807) is 0 Å². The molecule has 0 saturated carbocycles. The lowest BCUT2D eigenvalue weighted by atomic mass is 10.0. The molecule has 13 nitrogen and oxygen atoms in total. The summed E-state index contributed by atoms with van der Waals surface area (Å²) in [6.45, 7) is 0. The van der Waals surface area contributed by atoms with Crippen LogP contribution in [0.5, 0.6) is 0 Å². The standard InChI is InChI=1S/C15H6ClN3O10S/c16-12(20)5-30(28,29)7-3-9-14(11(4-7)19(26)27)13-8(15(9)21)1-6(17(22)23)2-10(13)18(24)25/h1-4H,5H2. The lowest BCUT2D eigenvalue weighted by Gasteiger charge is -2.07. The number of hydrogen-bond acceptors (Lipinski definition) is 10. The molecule has 3 rings (SSSR count). The predicted molar refractivity (Wildman–Crippen MR) is 98.2 cm³/mol. The first kappa shape index (κ1) is 20.9. The highest BCUT2D eigenvalue weighted by Crippen LogP contribution is 2.49. The Balaban J connectivity index is 2.43. The van der Waals surface area contributed by atoms with Gasteiger partial charge in [-0.15, -0.1) is 0 Å². The zero-order valence-electron chi connectivity index (χ0n) is 14.2. The van der Waals surface area contributed by atoms with Gasteiger partial charge in [0.05, 0.1) is 36.9 Å². The molecule has 0 bridgehead atoms. The summed E-state index contributed by atoms with van der Waals surface area (Å²) in [5, 5.41) is 32.8. The summed E-state index contributed by atoms with van der Waals surface area (Å²) in [4.78, 5) is 53.9. The average Bonchev–Trinajstić information content (AvgIpc) is 2.91. The number of carbonyl (C=O) groups excluding carboxylic acids is 2. The highest BCUT2D eigenvalue weighted by Gasteiger charge is 2.42. The van der Waals surface area contributed by atoms with E-state index in [0.29, 0.717) is 18.2 Å². The molecule has 0 heterocycles. The molecule has 154 valence electrons. The highest BCUT2D eigenvalue weighted by molar-refractivity contribution is 7.92. The molecule has 0 unspecified atom stereocenters. The minimum absolute atomic E-state index is 0.533. The van der Waals surface area contributed by atoms with E-state index in [4.69, 9.17) is 11.6 Å². The van der Waals surface area contributed by atoms with Gasteiger partial charge in [0.2, 0.25) is 5.24 Å². The molecule has 0 aromatic heterocycles.